The van der Waals surface area contributed by atoms with E-state index >= 15 is 0 Å². The molecule has 0 radical (unpaired) electrons. The summed E-state index contributed by atoms with van der Waals surface area (Å²) in [6.07, 6.45) is 4.01. The summed E-state index contributed by atoms with van der Waals surface area (Å²) < 4.78 is 0. The van der Waals surface area contributed by atoms with Gasteiger partial charge in [0.2, 0.25) is 0 Å². The molecule has 0 bridgehead atoms. The van der Waals surface area contributed by atoms with Crippen LogP contribution in [0.15, 0.2) is 24.3 Å². The molecular formula is C12H14Cl2. The molecular weight excluding hydrogens is 215 g/mol. The van der Waals surface area contributed by atoms with Crippen LogP contribution in [-0.4, -0.2) is 5.88 Å². The molecule has 76 valence electrons. The third-order valence-corrected chi connectivity index (χ3v) is 3.73. The monoisotopic (exact) mass is 228 g/mol. The number of halogens is 2. The maximum absolute atomic E-state index is 6.02. The zero-order chi connectivity index (χ0) is 9.97. The lowest BCUT2D eigenvalue weighted by molar-refractivity contribution is 0.274. The first-order valence-electron chi connectivity index (χ1n) is 5.12. The molecule has 0 spiro atoms. The van der Waals surface area contributed by atoms with Crippen LogP contribution in [0.5, 0.6) is 0 Å². The maximum atomic E-state index is 6.02. The Morgan fingerprint density at radius 3 is 2.64 bits per heavy atom. The fourth-order valence-electron chi connectivity index (χ4n) is 2.07. The van der Waals surface area contributed by atoms with Crippen LogP contribution in [0.4, 0.5) is 0 Å². The van der Waals surface area contributed by atoms with Gasteiger partial charge in [0.05, 0.1) is 0 Å². The van der Waals surface area contributed by atoms with Gasteiger partial charge in [0.1, 0.15) is 0 Å². The lowest BCUT2D eigenvalue weighted by Gasteiger charge is -2.33. The van der Waals surface area contributed by atoms with Gasteiger partial charge in [-0.1, -0.05) is 30.2 Å². The van der Waals surface area contributed by atoms with Crippen molar-refractivity contribution in [2.24, 2.45) is 5.92 Å². The summed E-state index contributed by atoms with van der Waals surface area (Å²) >= 11 is 12.0. The van der Waals surface area contributed by atoms with Crippen molar-refractivity contribution in [3.63, 3.8) is 0 Å². The molecule has 1 unspecified atom stereocenters. The van der Waals surface area contributed by atoms with Crippen LogP contribution >= 0.6 is 23.2 Å². The quantitative estimate of drug-likeness (QED) is 0.671. The molecule has 0 N–H and O–H groups in total. The second-order valence-electron chi connectivity index (χ2n) is 4.01. The van der Waals surface area contributed by atoms with E-state index in [0.29, 0.717) is 11.8 Å². The van der Waals surface area contributed by atoms with Gasteiger partial charge in [-0.25, -0.2) is 0 Å². The van der Waals surface area contributed by atoms with Crippen LogP contribution in [0.25, 0.3) is 0 Å². The molecule has 1 fully saturated rings. The summed E-state index contributed by atoms with van der Waals surface area (Å²) in [5.74, 6) is 2.00. The van der Waals surface area contributed by atoms with Gasteiger partial charge in [-0.05, 0) is 36.5 Å². The Bertz CT molecular complexity index is 305. The first-order valence-corrected chi connectivity index (χ1v) is 6.04. The van der Waals surface area contributed by atoms with Gasteiger partial charge in [0, 0.05) is 16.8 Å². The predicted molar refractivity (Wildman–Crippen MR) is 62.3 cm³/mol. The summed E-state index contributed by atoms with van der Waals surface area (Å²) in [6.45, 7) is 0. The minimum atomic E-state index is 0.504. The van der Waals surface area contributed by atoms with Crippen molar-refractivity contribution in [3.8, 4) is 0 Å². The molecule has 0 heterocycles. The molecule has 1 aromatic carbocycles. The topological polar surface area (TPSA) is 0 Å². The third kappa shape index (κ3) is 2.07. The number of alkyl halides is 1. The molecule has 1 saturated carbocycles. The summed E-state index contributed by atoms with van der Waals surface area (Å²) in [5.41, 5.74) is 1.30. The van der Waals surface area contributed by atoms with Crippen LogP contribution in [0, 0.1) is 5.92 Å². The highest BCUT2D eigenvalue weighted by Gasteiger charge is 2.27. The molecule has 0 saturated heterocycles. The second-order valence-corrected chi connectivity index (χ2v) is 4.75. The second kappa shape index (κ2) is 4.55. The van der Waals surface area contributed by atoms with Gasteiger partial charge >= 0.3 is 0 Å². The smallest absolute Gasteiger partial charge is 0.0408 e. The van der Waals surface area contributed by atoms with E-state index in [2.05, 4.69) is 6.07 Å². The fraction of sp³-hybridized carbons (Fsp3) is 0.500. The van der Waals surface area contributed by atoms with Gasteiger partial charge in [-0.3, -0.25) is 0 Å². The molecule has 0 amide bonds. The van der Waals surface area contributed by atoms with Gasteiger partial charge in [0.25, 0.3) is 0 Å². The van der Waals surface area contributed by atoms with Crippen molar-refractivity contribution >= 4 is 23.2 Å². The van der Waals surface area contributed by atoms with E-state index in [0.717, 1.165) is 10.9 Å². The predicted octanol–water partition coefficient (Wildman–Crippen LogP) is 4.46. The van der Waals surface area contributed by atoms with E-state index in [9.17, 15) is 0 Å². The maximum Gasteiger partial charge on any atom is 0.0408 e. The van der Waals surface area contributed by atoms with E-state index in [1.54, 1.807) is 0 Å². The number of benzene rings is 1. The molecule has 14 heavy (non-hydrogen) atoms. The molecule has 1 atom stereocenters. The number of hydrogen-bond acceptors (Lipinski definition) is 0. The summed E-state index contributed by atoms with van der Waals surface area (Å²) in [7, 11) is 0. The summed E-state index contributed by atoms with van der Waals surface area (Å²) in [6, 6.07) is 8.11. The van der Waals surface area contributed by atoms with E-state index < -0.39 is 0 Å². The van der Waals surface area contributed by atoms with Crippen molar-refractivity contribution < 1.29 is 0 Å². The Hall–Kier alpha value is -0.200. The van der Waals surface area contributed by atoms with Crippen LogP contribution in [0.1, 0.15) is 30.7 Å². The standard InChI is InChI=1S/C12H14Cl2/c13-8-12(9-3-1-4-9)10-5-2-6-11(14)7-10/h2,5-7,9,12H,1,3-4,8H2. The van der Waals surface area contributed by atoms with Crippen molar-refractivity contribution in [2.75, 3.05) is 5.88 Å². The van der Waals surface area contributed by atoms with Crippen molar-refractivity contribution in [3.05, 3.63) is 34.9 Å². The number of rotatable bonds is 3. The molecule has 2 rings (SSSR count). The molecule has 0 aliphatic heterocycles. The molecule has 1 aromatic rings. The minimum Gasteiger partial charge on any atom is -0.126 e. The highest BCUT2D eigenvalue weighted by atomic mass is 35.5. The van der Waals surface area contributed by atoms with Gasteiger partial charge in [0.15, 0.2) is 0 Å². The van der Waals surface area contributed by atoms with Crippen molar-refractivity contribution in [1.82, 2.24) is 0 Å². The molecule has 0 nitrogen and oxygen atoms in total. The van der Waals surface area contributed by atoms with E-state index in [1.807, 2.05) is 18.2 Å². The van der Waals surface area contributed by atoms with Crippen molar-refractivity contribution in [2.45, 2.75) is 25.2 Å². The fourth-order valence-corrected chi connectivity index (χ4v) is 2.70. The zero-order valence-electron chi connectivity index (χ0n) is 8.05. The Labute approximate surface area is 95.2 Å². The Morgan fingerprint density at radius 2 is 2.14 bits per heavy atom. The minimum absolute atomic E-state index is 0.504. The SMILES string of the molecule is ClCC(c1cccc(Cl)c1)C1CCC1. The van der Waals surface area contributed by atoms with E-state index in [-0.39, 0.29) is 0 Å². The average Bonchev–Trinajstić information content (AvgIpc) is 2.10. The Morgan fingerprint density at radius 1 is 1.36 bits per heavy atom. The first-order chi connectivity index (χ1) is 6.81. The van der Waals surface area contributed by atoms with Gasteiger partial charge in [-0.2, -0.15) is 0 Å². The molecule has 0 aromatic heterocycles. The van der Waals surface area contributed by atoms with Crippen molar-refractivity contribution in [1.29, 1.82) is 0 Å². The number of hydrogen-bond donors (Lipinski definition) is 0. The van der Waals surface area contributed by atoms with Crippen LogP contribution in [0.2, 0.25) is 5.02 Å². The highest BCUT2D eigenvalue weighted by molar-refractivity contribution is 6.30. The van der Waals surface area contributed by atoms with Gasteiger partial charge in [-0.15, -0.1) is 11.6 Å². The van der Waals surface area contributed by atoms with Crippen LogP contribution in [-0.2, 0) is 0 Å². The Balaban J connectivity index is 2.17. The van der Waals surface area contributed by atoms with Gasteiger partial charge < -0.3 is 0 Å². The van der Waals surface area contributed by atoms with E-state index in [4.69, 9.17) is 23.2 Å². The average molecular weight is 229 g/mol. The Kier molecular flexibility index (Phi) is 3.35. The van der Waals surface area contributed by atoms with Crippen LogP contribution in [0.3, 0.4) is 0 Å². The van der Waals surface area contributed by atoms with E-state index in [1.165, 1.54) is 24.8 Å². The normalized spacial score (nSPS) is 19.0. The largest absolute Gasteiger partial charge is 0.126 e. The zero-order valence-corrected chi connectivity index (χ0v) is 9.56. The molecule has 1 aliphatic rings. The summed E-state index contributed by atoms with van der Waals surface area (Å²) in [4.78, 5) is 0. The third-order valence-electron chi connectivity index (χ3n) is 3.16. The molecule has 1 aliphatic carbocycles. The highest BCUT2D eigenvalue weighted by Crippen LogP contribution is 2.40. The first kappa shape index (κ1) is 10.3. The molecule has 2 heteroatoms. The lowest BCUT2D eigenvalue weighted by atomic mass is 9.74. The lowest BCUT2D eigenvalue weighted by Crippen LogP contribution is -2.21. The van der Waals surface area contributed by atoms with Crippen LogP contribution < -0.4 is 0 Å². The summed E-state index contributed by atoms with van der Waals surface area (Å²) in [5, 5.41) is 0.817.